The van der Waals surface area contributed by atoms with Crippen LogP contribution in [0.5, 0.6) is 11.5 Å². The molecule has 0 saturated heterocycles. The molecule has 194 valence electrons. The highest BCUT2D eigenvalue weighted by Gasteiger charge is 2.19. The van der Waals surface area contributed by atoms with Crippen molar-refractivity contribution in [2.75, 3.05) is 45.8 Å². The van der Waals surface area contributed by atoms with E-state index in [-0.39, 0.29) is 17.2 Å². The van der Waals surface area contributed by atoms with E-state index in [1.54, 1.807) is 28.8 Å². The molecule has 2 aromatic carbocycles. The SMILES string of the molecule is COc1cc(Nc2nccn3c(-c4ccc(OC)c(F)c4F)cnc23)ccc1C(=O)NCCOCCN. The average Bonchev–Trinajstić information content (AvgIpc) is 3.35. The molecule has 0 radical (unpaired) electrons. The lowest BCUT2D eigenvalue weighted by Gasteiger charge is -2.13. The van der Waals surface area contributed by atoms with Crippen molar-refractivity contribution in [3.63, 3.8) is 0 Å². The summed E-state index contributed by atoms with van der Waals surface area (Å²) in [6, 6.07) is 7.73. The summed E-state index contributed by atoms with van der Waals surface area (Å²) in [7, 11) is 2.73. The number of rotatable bonds is 11. The predicted molar refractivity (Wildman–Crippen MR) is 133 cm³/mol. The zero-order valence-corrected chi connectivity index (χ0v) is 20.3. The van der Waals surface area contributed by atoms with E-state index in [2.05, 4.69) is 20.6 Å². The molecule has 2 aromatic heterocycles. The van der Waals surface area contributed by atoms with Crippen molar-refractivity contribution in [3.05, 3.63) is 66.1 Å². The first-order chi connectivity index (χ1) is 18.0. The van der Waals surface area contributed by atoms with Gasteiger partial charge in [0.1, 0.15) is 5.75 Å². The summed E-state index contributed by atoms with van der Waals surface area (Å²) in [5.74, 6) is -1.92. The Hall–Kier alpha value is -4.29. The minimum Gasteiger partial charge on any atom is -0.496 e. The van der Waals surface area contributed by atoms with Crippen LogP contribution in [0.3, 0.4) is 0 Å². The van der Waals surface area contributed by atoms with Crippen LogP contribution in [-0.4, -0.2) is 60.8 Å². The van der Waals surface area contributed by atoms with Gasteiger partial charge in [0.2, 0.25) is 5.82 Å². The number of fused-ring (bicyclic) bond motifs is 1. The predicted octanol–water partition coefficient (Wildman–Crippen LogP) is 3.14. The number of anilines is 2. The fourth-order valence-corrected chi connectivity index (χ4v) is 3.70. The highest BCUT2D eigenvalue weighted by molar-refractivity contribution is 5.97. The number of nitrogens with two attached hydrogens (primary N) is 1. The second-order valence-corrected chi connectivity index (χ2v) is 7.75. The third kappa shape index (κ3) is 5.44. The Bertz CT molecular complexity index is 1410. The topological polar surface area (TPSA) is 125 Å². The number of carbonyl (C=O) groups excluding carboxylic acids is 1. The molecule has 0 spiro atoms. The second-order valence-electron chi connectivity index (χ2n) is 7.75. The molecule has 0 bridgehead atoms. The van der Waals surface area contributed by atoms with Gasteiger partial charge in [-0.2, -0.15) is 4.39 Å². The second kappa shape index (κ2) is 11.6. The van der Waals surface area contributed by atoms with Gasteiger partial charge in [-0.25, -0.2) is 14.4 Å². The van der Waals surface area contributed by atoms with E-state index in [4.69, 9.17) is 19.9 Å². The molecule has 0 aliphatic carbocycles. The van der Waals surface area contributed by atoms with E-state index in [0.29, 0.717) is 60.5 Å². The number of nitrogens with zero attached hydrogens (tertiary/aromatic N) is 3. The standard InChI is InChI=1S/C25H26F2N6O4/c1-35-19-6-5-16(21(26)22(19)27)18-14-31-24-23(29-8-10-33(18)24)32-15-3-4-17(20(13-15)36-2)25(34)30-9-12-37-11-7-28/h3-6,8,10,13-14H,7,9,11-12,28H2,1-2H3,(H,29,32)(H,30,34). The molecule has 2 heterocycles. The van der Waals surface area contributed by atoms with Gasteiger partial charge < -0.3 is 30.6 Å². The van der Waals surface area contributed by atoms with E-state index in [1.807, 2.05) is 0 Å². The van der Waals surface area contributed by atoms with Crippen molar-refractivity contribution in [3.8, 4) is 22.8 Å². The van der Waals surface area contributed by atoms with E-state index in [0.717, 1.165) is 0 Å². The minimum atomic E-state index is -1.08. The van der Waals surface area contributed by atoms with Crippen LogP contribution < -0.4 is 25.8 Å². The summed E-state index contributed by atoms with van der Waals surface area (Å²) >= 11 is 0. The summed E-state index contributed by atoms with van der Waals surface area (Å²) in [6.45, 7) is 1.51. The monoisotopic (exact) mass is 512 g/mol. The molecule has 4 aromatic rings. The molecule has 37 heavy (non-hydrogen) atoms. The van der Waals surface area contributed by atoms with Crippen molar-refractivity contribution in [1.82, 2.24) is 19.7 Å². The van der Waals surface area contributed by atoms with Gasteiger partial charge in [-0.1, -0.05) is 0 Å². The van der Waals surface area contributed by atoms with Gasteiger partial charge in [0.15, 0.2) is 23.0 Å². The Balaban J connectivity index is 1.57. The number of hydrogen-bond acceptors (Lipinski definition) is 8. The molecule has 12 heteroatoms. The van der Waals surface area contributed by atoms with Crippen molar-refractivity contribution in [2.45, 2.75) is 0 Å². The first-order valence-corrected chi connectivity index (χ1v) is 11.3. The van der Waals surface area contributed by atoms with E-state index < -0.39 is 11.6 Å². The zero-order chi connectivity index (χ0) is 26.4. The average molecular weight is 513 g/mol. The maximum absolute atomic E-state index is 14.7. The van der Waals surface area contributed by atoms with Gasteiger partial charge in [-0.05, 0) is 24.3 Å². The van der Waals surface area contributed by atoms with Gasteiger partial charge in [-0.3, -0.25) is 9.20 Å². The van der Waals surface area contributed by atoms with Gasteiger partial charge in [0, 0.05) is 42.8 Å². The number of imidazole rings is 1. The molecular weight excluding hydrogens is 486 g/mol. The Morgan fingerprint density at radius 1 is 1.05 bits per heavy atom. The van der Waals surface area contributed by atoms with E-state index in [1.165, 1.54) is 38.7 Å². The number of ether oxygens (including phenoxy) is 3. The molecule has 0 saturated carbocycles. The highest BCUT2D eigenvalue weighted by Crippen LogP contribution is 2.32. The molecule has 0 aliphatic heterocycles. The lowest BCUT2D eigenvalue weighted by Crippen LogP contribution is -2.28. The Labute approximate surface area is 211 Å². The number of carbonyl (C=O) groups is 1. The summed E-state index contributed by atoms with van der Waals surface area (Å²) < 4.78 is 46.1. The van der Waals surface area contributed by atoms with Crippen LogP contribution in [0.15, 0.2) is 48.9 Å². The number of benzene rings is 2. The maximum Gasteiger partial charge on any atom is 0.255 e. The maximum atomic E-state index is 14.7. The van der Waals surface area contributed by atoms with Crippen molar-refractivity contribution >= 4 is 23.1 Å². The normalized spacial score (nSPS) is 10.9. The molecule has 4 rings (SSSR count). The number of halogens is 2. The quantitative estimate of drug-likeness (QED) is 0.262. The minimum absolute atomic E-state index is 0.0217. The summed E-state index contributed by atoms with van der Waals surface area (Å²) in [6.07, 6.45) is 4.53. The Morgan fingerprint density at radius 2 is 1.86 bits per heavy atom. The molecule has 0 fully saturated rings. The number of nitrogens with one attached hydrogen (secondary N) is 2. The number of amides is 1. The van der Waals surface area contributed by atoms with Crippen LogP contribution in [0.4, 0.5) is 20.3 Å². The molecule has 1 amide bonds. The zero-order valence-electron chi connectivity index (χ0n) is 20.3. The van der Waals surface area contributed by atoms with Crippen LogP contribution >= 0.6 is 0 Å². The van der Waals surface area contributed by atoms with Crippen molar-refractivity contribution in [2.24, 2.45) is 5.73 Å². The third-order valence-electron chi connectivity index (χ3n) is 5.47. The van der Waals surface area contributed by atoms with Gasteiger partial charge >= 0.3 is 0 Å². The summed E-state index contributed by atoms with van der Waals surface area (Å²) in [5.41, 5.74) is 7.03. The van der Waals surface area contributed by atoms with E-state index >= 15 is 0 Å². The molecule has 4 N–H and O–H groups in total. The van der Waals surface area contributed by atoms with Crippen LogP contribution in [-0.2, 0) is 4.74 Å². The van der Waals surface area contributed by atoms with Crippen molar-refractivity contribution < 1.29 is 27.8 Å². The van der Waals surface area contributed by atoms with Crippen LogP contribution in [0.1, 0.15) is 10.4 Å². The summed E-state index contributed by atoms with van der Waals surface area (Å²) in [4.78, 5) is 21.2. The molecule has 0 atom stereocenters. The van der Waals surface area contributed by atoms with Gasteiger partial charge in [0.05, 0.1) is 44.9 Å². The Kier molecular flexibility index (Phi) is 8.11. The first kappa shape index (κ1) is 25.8. The first-order valence-electron chi connectivity index (χ1n) is 11.3. The van der Waals surface area contributed by atoms with E-state index in [9.17, 15) is 13.6 Å². The number of hydrogen-bond donors (Lipinski definition) is 3. The van der Waals surface area contributed by atoms with Gasteiger partial charge in [0.25, 0.3) is 5.91 Å². The molecule has 0 unspecified atom stereocenters. The molecule has 0 aliphatic rings. The molecule has 10 nitrogen and oxygen atoms in total. The van der Waals surface area contributed by atoms with Crippen molar-refractivity contribution in [1.29, 1.82) is 0 Å². The van der Waals surface area contributed by atoms with Crippen LogP contribution in [0.25, 0.3) is 16.9 Å². The van der Waals surface area contributed by atoms with Gasteiger partial charge in [-0.15, -0.1) is 0 Å². The lowest BCUT2D eigenvalue weighted by atomic mass is 10.1. The fraction of sp³-hybridized carbons (Fsp3) is 0.240. The fourth-order valence-electron chi connectivity index (χ4n) is 3.70. The number of methoxy groups -OCH3 is 2. The highest BCUT2D eigenvalue weighted by atomic mass is 19.2. The Morgan fingerprint density at radius 3 is 2.62 bits per heavy atom. The summed E-state index contributed by atoms with van der Waals surface area (Å²) in [5, 5.41) is 5.90. The van der Waals surface area contributed by atoms with Crippen LogP contribution in [0, 0.1) is 11.6 Å². The lowest BCUT2D eigenvalue weighted by molar-refractivity contribution is 0.0917. The largest absolute Gasteiger partial charge is 0.496 e. The smallest absolute Gasteiger partial charge is 0.255 e. The number of aromatic nitrogens is 3. The van der Waals surface area contributed by atoms with Crippen LogP contribution in [0.2, 0.25) is 0 Å². The third-order valence-corrected chi connectivity index (χ3v) is 5.47. The molecular formula is C25H26F2N6O4.